The summed E-state index contributed by atoms with van der Waals surface area (Å²) in [6, 6.07) is 7.14. The van der Waals surface area contributed by atoms with E-state index in [1.165, 1.54) is 0 Å². The second-order valence-corrected chi connectivity index (χ2v) is 3.63. The van der Waals surface area contributed by atoms with Crippen LogP contribution in [0.1, 0.15) is 23.3 Å². The first-order valence-electron chi connectivity index (χ1n) is 5.72. The van der Waals surface area contributed by atoms with E-state index in [1.54, 1.807) is 18.2 Å². The Morgan fingerprint density at radius 3 is 2.74 bits per heavy atom. The first-order valence-corrected chi connectivity index (χ1v) is 5.72. The van der Waals surface area contributed by atoms with Crippen LogP contribution in [0.3, 0.4) is 0 Å². The highest BCUT2D eigenvalue weighted by Gasteiger charge is 2.10. The van der Waals surface area contributed by atoms with E-state index in [9.17, 15) is 4.79 Å². The summed E-state index contributed by atoms with van der Waals surface area (Å²) in [6.07, 6.45) is 1.08. The van der Waals surface area contributed by atoms with Crippen LogP contribution in [-0.2, 0) is 6.61 Å². The number of hydrogen-bond donors (Lipinski definition) is 1. The quantitative estimate of drug-likeness (QED) is 0.861. The Morgan fingerprint density at radius 2 is 2.11 bits per heavy atom. The van der Waals surface area contributed by atoms with Gasteiger partial charge in [-0.05, 0) is 19.1 Å². The standard InChI is InChI=1S/C13H13NO5/c1-2-17-9-4-3-5-10(6-9)18-8-12-14-11(7-19-12)13(15)16/h3-7H,2,8H2,1H3,(H,15,16). The molecule has 2 aromatic rings. The molecule has 0 aliphatic carbocycles. The summed E-state index contributed by atoms with van der Waals surface area (Å²) < 4.78 is 15.8. The normalized spacial score (nSPS) is 10.2. The molecule has 6 nitrogen and oxygen atoms in total. The number of nitrogens with zero attached hydrogens (tertiary/aromatic N) is 1. The first-order chi connectivity index (χ1) is 9.19. The lowest BCUT2D eigenvalue weighted by atomic mass is 10.3. The number of benzene rings is 1. The van der Waals surface area contributed by atoms with E-state index in [-0.39, 0.29) is 18.2 Å². The van der Waals surface area contributed by atoms with Crippen molar-refractivity contribution >= 4 is 5.97 Å². The number of hydrogen-bond acceptors (Lipinski definition) is 5. The zero-order chi connectivity index (χ0) is 13.7. The molecule has 0 fully saturated rings. The maximum Gasteiger partial charge on any atom is 0.357 e. The Labute approximate surface area is 109 Å². The summed E-state index contributed by atoms with van der Waals surface area (Å²) in [7, 11) is 0. The Kier molecular flexibility index (Phi) is 4.02. The molecule has 0 radical (unpaired) electrons. The third-order valence-corrected chi connectivity index (χ3v) is 2.25. The van der Waals surface area contributed by atoms with Crippen LogP contribution in [0.2, 0.25) is 0 Å². The third-order valence-electron chi connectivity index (χ3n) is 2.25. The van der Waals surface area contributed by atoms with Crippen LogP contribution in [0.4, 0.5) is 0 Å². The van der Waals surface area contributed by atoms with E-state index in [2.05, 4.69) is 4.98 Å². The van der Waals surface area contributed by atoms with Gasteiger partial charge < -0.3 is 19.0 Å². The van der Waals surface area contributed by atoms with Gasteiger partial charge >= 0.3 is 5.97 Å². The van der Waals surface area contributed by atoms with Crippen molar-refractivity contribution in [2.45, 2.75) is 13.5 Å². The average Bonchev–Trinajstić information content (AvgIpc) is 2.86. The van der Waals surface area contributed by atoms with E-state index in [1.807, 2.05) is 13.0 Å². The maximum atomic E-state index is 10.6. The molecular weight excluding hydrogens is 250 g/mol. The van der Waals surface area contributed by atoms with Gasteiger partial charge in [0.15, 0.2) is 12.3 Å². The maximum absolute atomic E-state index is 10.6. The van der Waals surface area contributed by atoms with Crippen molar-refractivity contribution in [1.82, 2.24) is 4.98 Å². The number of aromatic nitrogens is 1. The zero-order valence-corrected chi connectivity index (χ0v) is 10.3. The molecule has 1 N–H and O–H groups in total. The molecule has 0 amide bonds. The van der Waals surface area contributed by atoms with Crippen molar-refractivity contribution in [3.05, 3.63) is 42.1 Å². The molecule has 1 aromatic heterocycles. The minimum absolute atomic E-state index is 0.0584. The summed E-state index contributed by atoms with van der Waals surface area (Å²) in [4.78, 5) is 14.4. The van der Waals surface area contributed by atoms with Gasteiger partial charge in [-0.2, -0.15) is 0 Å². The second-order valence-electron chi connectivity index (χ2n) is 3.63. The van der Waals surface area contributed by atoms with E-state index < -0.39 is 5.97 Å². The average molecular weight is 263 g/mol. The Bertz CT molecular complexity index is 564. The number of rotatable bonds is 6. The number of carbonyl (C=O) groups is 1. The van der Waals surface area contributed by atoms with Crippen molar-refractivity contribution in [3.8, 4) is 11.5 Å². The van der Waals surface area contributed by atoms with E-state index in [4.69, 9.17) is 19.0 Å². The Hall–Kier alpha value is -2.50. The smallest absolute Gasteiger partial charge is 0.357 e. The highest BCUT2D eigenvalue weighted by molar-refractivity contribution is 5.84. The summed E-state index contributed by atoms with van der Waals surface area (Å²) in [5.41, 5.74) is -0.137. The van der Waals surface area contributed by atoms with E-state index >= 15 is 0 Å². The van der Waals surface area contributed by atoms with Crippen LogP contribution in [0, 0.1) is 0 Å². The number of carboxylic acid groups (broad SMARTS) is 1. The topological polar surface area (TPSA) is 81.8 Å². The molecule has 1 aromatic carbocycles. The monoisotopic (exact) mass is 263 g/mol. The summed E-state index contributed by atoms with van der Waals surface area (Å²) in [5, 5.41) is 8.70. The van der Waals surface area contributed by atoms with Crippen molar-refractivity contribution in [1.29, 1.82) is 0 Å². The fourth-order valence-corrected chi connectivity index (χ4v) is 1.44. The lowest BCUT2D eigenvalue weighted by molar-refractivity contribution is 0.0690. The lowest BCUT2D eigenvalue weighted by Gasteiger charge is -2.06. The molecule has 0 saturated carbocycles. The van der Waals surface area contributed by atoms with Crippen LogP contribution in [0.5, 0.6) is 11.5 Å². The van der Waals surface area contributed by atoms with Gasteiger partial charge in [-0.1, -0.05) is 6.07 Å². The van der Waals surface area contributed by atoms with E-state index in [0.717, 1.165) is 6.26 Å². The molecule has 0 aliphatic rings. The highest BCUT2D eigenvalue weighted by Crippen LogP contribution is 2.20. The Balaban J connectivity index is 1.97. The van der Waals surface area contributed by atoms with Gasteiger partial charge in [-0.25, -0.2) is 9.78 Å². The van der Waals surface area contributed by atoms with Gasteiger partial charge in [-0.15, -0.1) is 0 Å². The molecule has 0 bridgehead atoms. The molecule has 0 saturated heterocycles. The van der Waals surface area contributed by atoms with Gasteiger partial charge in [0.1, 0.15) is 17.8 Å². The number of ether oxygens (including phenoxy) is 2. The second kappa shape index (κ2) is 5.90. The minimum Gasteiger partial charge on any atom is -0.494 e. The van der Waals surface area contributed by atoms with Gasteiger partial charge in [0.2, 0.25) is 5.89 Å². The predicted molar refractivity (Wildman–Crippen MR) is 65.4 cm³/mol. The molecule has 100 valence electrons. The molecule has 1 heterocycles. The van der Waals surface area contributed by atoms with Crippen LogP contribution >= 0.6 is 0 Å². The SMILES string of the molecule is CCOc1cccc(OCc2nc(C(=O)O)co2)c1. The van der Waals surface area contributed by atoms with Gasteiger partial charge in [0.05, 0.1) is 6.61 Å². The third kappa shape index (κ3) is 3.48. The van der Waals surface area contributed by atoms with Crippen molar-refractivity contribution < 1.29 is 23.8 Å². The van der Waals surface area contributed by atoms with Crippen molar-refractivity contribution in [3.63, 3.8) is 0 Å². The van der Waals surface area contributed by atoms with Crippen molar-refractivity contribution in [2.75, 3.05) is 6.61 Å². The number of carboxylic acids is 1. The number of aromatic carboxylic acids is 1. The fourth-order valence-electron chi connectivity index (χ4n) is 1.44. The predicted octanol–water partition coefficient (Wildman–Crippen LogP) is 2.35. The molecule has 19 heavy (non-hydrogen) atoms. The van der Waals surface area contributed by atoms with Crippen LogP contribution < -0.4 is 9.47 Å². The van der Waals surface area contributed by atoms with Gasteiger partial charge in [-0.3, -0.25) is 0 Å². The molecule has 0 unspecified atom stereocenters. The zero-order valence-electron chi connectivity index (χ0n) is 10.3. The molecule has 0 aliphatic heterocycles. The molecule has 0 atom stereocenters. The molecule has 2 rings (SSSR count). The molecular formula is C13H13NO5. The van der Waals surface area contributed by atoms with E-state index in [0.29, 0.717) is 18.1 Å². The number of oxazole rings is 1. The highest BCUT2D eigenvalue weighted by atomic mass is 16.5. The molecule has 0 spiro atoms. The Morgan fingerprint density at radius 1 is 1.37 bits per heavy atom. The first kappa shape index (κ1) is 12.9. The van der Waals surface area contributed by atoms with Crippen molar-refractivity contribution in [2.24, 2.45) is 0 Å². The minimum atomic E-state index is -1.13. The van der Waals surface area contributed by atoms with Crippen LogP contribution in [-0.4, -0.2) is 22.7 Å². The summed E-state index contributed by atoms with van der Waals surface area (Å²) >= 11 is 0. The lowest BCUT2D eigenvalue weighted by Crippen LogP contribution is -1.99. The van der Waals surface area contributed by atoms with Gasteiger partial charge in [0, 0.05) is 6.07 Å². The summed E-state index contributed by atoms with van der Waals surface area (Å²) in [6.45, 7) is 2.53. The van der Waals surface area contributed by atoms with Crippen LogP contribution in [0.15, 0.2) is 34.9 Å². The van der Waals surface area contributed by atoms with Gasteiger partial charge in [0.25, 0.3) is 0 Å². The summed E-state index contributed by atoms with van der Waals surface area (Å²) in [5.74, 6) is 0.382. The molecule has 6 heteroatoms. The fraction of sp³-hybridized carbons (Fsp3) is 0.231. The largest absolute Gasteiger partial charge is 0.494 e. The van der Waals surface area contributed by atoms with Crippen LogP contribution in [0.25, 0.3) is 0 Å².